The number of rotatable bonds is 12. The number of carbonyl (C=O) groups is 1. The highest BCUT2D eigenvalue weighted by atomic mass is 32.3. The van der Waals surface area contributed by atoms with Crippen molar-refractivity contribution < 1.29 is 101 Å². The first-order valence-electron chi connectivity index (χ1n) is 9.19. The van der Waals surface area contributed by atoms with Crippen LogP contribution < -0.4 is 9.98 Å². The summed E-state index contributed by atoms with van der Waals surface area (Å²) in [4.78, 5) is 15.5. The molecule has 4 unspecified atom stereocenters. The van der Waals surface area contributed by atoms with Crippen LogP contribution in [0.4, 0.5) is 0 Å². The molecule has 1 fully saturated rings. The summed E-state index contributed by atoms with van der Waals surface area (Å²) in [7, 11) is -16.7. The monoisotopic (exact) mass is 653 g/mol. The van der Waals surface area contributed by atoms with Crippen molar-refractivity contribution in [2.24, 2.45) is 0 Å². The van der Waals surface area contributed by atoms with Gasteiger partial charge in [0.25, 0.3) is 0 Å². The van der Waals surface area contributed by atoms with Crippen LogP contribution in [-0.4, -0.2) is 120 Å². The minimum Gasteiger partial charge on any atom is -0.735 e. The molecule has 228 valence electrons. The van der Waals surface area contributed by atoms with E-state index in [4.69, 9.17) is 23.5 Å². The summed E-state index contributed by atoms with van der Waals surface area (Å²) < 4.78 is 131. The van der Waals surface area contributed by atoms with Gasteiger partial charge in [-0.1, -0.05) is 0 Å². The van der Waals surface area contributed by atoms with Crippen molar-refractivity contribution in [2.75, 3.05) is 6.61 Å². The van der Waals surface area contributed by atoms with Crippen molar-refractivity contribution in [1.82, 2.24) is 4.72 Å². The molecule has 0 saturated carbocycles. The van der Waals surface area contributed by atoms with Crippen molar-refractivity contribution >= 4 is 49.6 Å². The Balaban J connectivity index is 0.00000371. The number of ether oxygens (including phenoxy) is 3. The van der Waals surface area contributed by atoms with Gasteiger partial charge in [0.05, 0.1) is 6.61 Å². The Hall–Kier alpha value is -1.64. The number of aliphatic hydroxyl groups is 2. The van der Waals surface area contributed by atoms with E-state index in [-0.39, 0.29) is 0 Å². The van der Waals surface area contributed by atoms with Crippen LogP contribution in [0, 0.1) is 0 Å². The average Bonchev–Trinajstić information content (AvgIpc) is 2.78. The summed E-state index contributed by atoms with van der Waals surface area (Å²) in [5, 5.41) is 43.0. The molecule has 4 N–H and O–H groups in total. The molecule has 8 atom stereocenters. The van der Waals surface area contributed by atoms with E-state index in [1.807, 2.05) is 0 Å². The first-order chi connectivity index (χ1) is 17.8. The van der Waals surface area contributed by atoms with Crippen LogP contribution >= 0.6 is 0 Å². The number of carboxylic acids is 1. The summed E-state index contributed by atoms with van der Waals surface area (Å²) in [6, 6.07) is -2.33. The van der Waals surface area contributed by atoms with Crippen LogP contribution in [0.25, 0.3) is 0 Å². The second-order valence-corrected chi connectivity index (χ2v) is 10.1. The predicted molar refractivity (Wildman–Crippen MR) is 103 cm³/mol. The molecule has 0 spiro atoms. The van der Waals surface area contributed by atoms with E-state index in [0.29, 0.717) is 6.08 Å². The van der Waals surface area contributed by atoms with Crippen molar-refractivity contribution in [2.45, 2.75) is 49.1 Å². The van der Waals surface area contributed by atoms with E-state index in [1.165, 1.54) is 4.72 Å². The predicted octanol–water partition coefficient (Wildman–Crippen LogP) is -7.23. The van der Waals surface area contributed by atoms with Crippen molar-refractivity contribution in [1.29, 1.82) is 0 Å². The summed E-state index contributed by atoms with van der Waals surface area (Å²) in [6.07, 6.45) is -16.1. The van der Waals surface area contributed by atoms with Crippen molar-refractivity contribution in [3.8, 4) is 0 Å². The summed E-state index contributed by atoms with van der Waals surface area (Å²) >= 11 is 2.83. The first kappa shape index (κ1) is 35.4. The van der Waals surface area contributed by atoms with E-state index in [0.717, 1.165) is 0 Å². The van der Waals surface area contributed by atoms with Gasteiger partial charge in [0, 0.05) is 0 Å². The molecule has 23 nitrogen and oxygen atoms in total. The van der Waals surface area contributed by atoms with Gasteiger partial charge >= 0.3 is 5.97 Å². The van der Waals surface area contributed by atoms with E-state index in [1.54, 1.807) is 0 Å². The highest BCUT2D eigenvalue weighted by Crippen LogP contribution is 2.31. The molecule has 2 aliphatic rings. The Labute approximate surface area is 222 Å². The van der Waals surface area contributed by atoms with E-state index < -0.39 is 98.6 Å². The van der Waals surface area contributed by atoms with Gasteiger partial charge in [0.15, 0.2) is 35.2 Å². The molecule has 0 aliphatic carbocycles. The number of nitrogens with one attached hydrogen (secondary N) is 1. The molecule has 0 bridgehead atoms. The maximum atomic E-state index is 11.3. The first-order valence-corrected chi connectivity index (χ1v) is 13.6. The van der Waals surface area contributed by atoms with Gasteiger partial charge in [-0.3, -0.25) is 13.4 Å². The van der Waals surface area contributed by atoms with E-state index in [9.17, 15) is 59.2 Å². The Bertz CT molecular complexity index is 1190. The molecule has 0 amide bonds. The maximum Gasteiger partial charge on any atom is 0.371 e. The quantitative estimate of drug-likeness (QED) is 0.0657. The van der Waals surface area contributed by atoms with Gasteiger partial charge in [-0.25, -0.2) is 39.7 Å². The molecule has 0 aromatic carbocycles. The lowest BCUT2D eigenvalue weighted by atomic mass is 9.97. The minimum atomic E-state index is -5.68. The van der Waals surface area contributed by atoms with Gasteiger partial charge in [0.1, 0.15) is 30.5 Å². The second kappa shape index (κ2) is 14.3. The van der Waals surface area contributed by atoms with Gasteiger partial charge in [-0.05, 0) is 6.08 Å². The van der Waals surface area contributed by atoms with Gasteiger partial charge in [-0.2, -0.15) is 4.21 Å². The summed E-state index contributed by atoms with van der Waals surface area (Å²) in [5.41, 5.74) is 0. The number of hydrogen-bond acceptors (Lipinski definition) is 22. The normalized spacial score (nSPS) is 31.8. The Kier molecular flexibility index (Phi) is 13.0. The number of carboxylic acid groups (broad SMARTS) is 1. The zero-order valence-corrected chi connectivity index (χ0v) is 21.4. The van der Waals surface area contributed by atoms with Crippen molar-refractivity contribution in [3.63, 3.8) is 0 Å². The Morgan fingerprint density at radius 3 is 2.08 bits per heavy atom. The Morgan fingerprint density at radius 1 is 1.03 bits per heavy atom. The lowest BCUT2D eigenvalue weighted by molar-refractivity contribution is -0.807. The topological polar surface area (TPSA) is 366 Å². The molecule has 2 heterocycles. The molecule has 39 heavy (non-hydrogen) atoms. The molecule has 27 heteroatoms. The number of aliphatic hydroxyl groups excluding tert-OH is 2. The van der Waals surface area contributed by atoms with E-state index in [2.05, 4.69) is 30.8 Å². The molecular weight excluding hydrogens is 638 g/mol. The smallest absolute Gasteiger partial charge is 0.371 e. The average molecular weight is 654 g/mol. The molecule has 0 radical (unpaired) electrons. The zero-order chi connectivity index (χ0) is 30.3. The fraction of sp³-hybridized carbons (Fsp3) is 0.750. The highest BCUT2D eigenvalue weighted by Gasteiger charge is 2.52. The van der Waals surface area contributed by atoms with Crippen LogP contribution in [0.1, 0.15) is 0 Å². The lowest BCUT2D eigenvalue weighted by Gasteiger charge is -2.46. The lowest BCUT2D eigenvalue weighted by Crippen LogP contribution is -2.67. The Morgan fingerprint density at radius 2 is 1.62 bits per heavy atom. The van der Waals surface area contributed by atoms with Gasteiger partial charge in [0.2, 0.25) is 32.8 Å². The summed E-state index contributed by atoms with van der Waals surface area (Å²) in [5.74, 6) is -3.03. The fourth-order valence-corrected chi connectivity index (χ4v) is 4.44. The maximum absolute atomic E-state index is 11.3. The molecule has 0 aromatic rings. The third kappa shape index (κ3) is 11.4. The fourth-order valence-electron chi connectivity index (χ4n) is 3.08. The largest absolute Gasteiger partial charge is 0.735 e. The van der Waals surface area contributed by atoms with Crippen LogP contribution in [0.15, 0.2) is 11.8 Å². The minimum absolute atomic E-state index is 0.368. The van der Waals surface area contributed by atoms with Crippen LogP contribution in [0.3, 0.4) is 0 Å². The molecule has 1 saturated heterocycles. The highest BCUT2D eigenvalue weighted by molar-refractivity contribution is 7.83. The van der Waals surface area contributed by atoms with Gasteiger partial charge < -0.3 is 48.4 Å². The molecule has 2 aliphatic heterocycles. The molecular formula is C12H15NO22S4-4. The standard InChI is InChI=1S/C12H19NO21S3.OS/c14-3-1-4(10(15)16)30-12(7(3)33-37(25,26)27)31-8-5(2-28-36(22,23)24)29-11(17)6(9(8)32-34-18)13-35(19,20)21;1-2/h1,3,5-9,11-14,17-18H,2H2,(H,15,16)(H,19,20,21)(H,22,23,24)(H,25,26,27);/p-4/t3-,5?,6?,7?,8+,9+,11?,12-;/m0./s1. The van der Waals surface area contributed by atoms with Crippen LogP contribution in [-0.2, 0) is 80.9 Å². The van der Waals surface area contributed by atoms with Crippen LogP contribution in [0.2, 0.25) is 0 Å². The molecule has 0 aromatic heterocycles. The van der Waals surface area contributed by atoms with Crippen molar-refractivity contribution in [3.05, 3.63) is 11.8 Å². The summed E-state index contributed by atoms with van der Waals surface area (Å²) in [6.45, 7) is -1.41. The second-order valence-electron chi connectivity index (χ2n) is 6.87. The third-order valence-electron chi connectivity index (χ3n) is 4.37. The number of aliphatic carboxylic acids is 1. The van der Waals surface area contributed by atoms with Gasteiger partial charge in [-0.15, -0.1) is 0 Å². The molecule has 2 rings (SSSR count). The number of hydrogen-bond donors (Lipinski definition) is 4. The zero-order valence-electron chi connectivity index (χ0n) is 18.1. The van der Waals surface area contributed by atoms with E-state index >= 15 is 0 Å². The third-order valence-corrected chi connectivity index (χ3v) is 5.82. The SMILES string of the molecule is O=C(O)C1=C[C@H](O)C(OS(=O)(=O)[O-])[C@H](O[C@@H]2C(COS(=O)(=O)[O-])OC(O)C(NS(=O)(=O)[O-])[C@H]2OO[O-])O1.O=S. The van der Waals surface area contributed by atoms with Crippen LogP contribution in [0.5, 0.6) is 0 Å².